The summed E-state index contributed by atoms with van der Waals surface area (Å²) in [5.41, 5.74) is 3.36. The van der Waals surface area contributed by atoms with Crippen molar-refractivity contribution in [3.05, 3.63) is 46.6 Å². The third kappa shape index (κ3) is 3.91. The van der Waals surface area contributed by atoms with E-state index in [1.54, 1.807) is 31.0 Å². The molecule has 0 saturated carbocycles. The normalized spacial score (nSPS) is 21.6. The van der Waals surface area contributed by atoms with Crippen LogP contribution in [0.4, 0.5) is 0 Å². The van der Waals surface area contributed by atoms with E-state index in [9.17, 15) is 9.35 Å². The first kappa shape index (κ1) is 21.7. The average molecular weight is 477 g/mol. The maximum Gasteiger partial charge on any atom is 0.212 e. The highest BCUT2D eigenvalue weighted by molar-refractivity contribution is 8.42. The Morgan fingerprint density at radius 3 is 2.62 bits per heavy atom. The van der Waals surface area contributed by atoms with Crippen molar-refractivity contribution in [3.8, 4) is 5.88 Å². The van der Waals surface area contributed by atoms with Crippen LogP contribution in [0.15, 0.2) is 30.5 Å². The number of pyridine rings is 1. The maximum absolute atomic E-state index is 12.9. The number of thiophene rings is 1. The molecule has 0 bridgehead atoms. The molecule has 1 N–H and O–H groups in total. The molecule has 0 atom stereocenters. The minimum atomic E-state index is -2.78. The van der Waals surface area contributed by atoms with E-state index in [4.69, 9.17) is 8.92 Å². The summed E-state index contributed by atoms with van der Waals surface area (Å²) < 4.78 is 25.4. The second kappa shape index (κ2) is 7.75. The lowest BCUT2D eigenvalue weighted by atomic mass is 10.1. The molecule has 32 heavy (non-hydrogen) atoms. The first-order valence-electron chi connectivity index (χ1n) is 10.6. The Bertz CT molecular complexity index is 1250. The van der Waals surface area contributed by atoms with E-state index < -0.39 is 9.50 Å². The van der Waals surface area contributed by atoms with Gasteiger partial charge in [-0.3, -0.25) is 14.2 Å². The van der Waals surface area contributed by atoms with Gasteiger partial charge in [0.25, 0.3) is 0 Å². The zero-order valence-electron chi connectivity index (χ0n) is 18.5. The van der Waals surface area contributed by atoms with Gasteiger partial charge in [-0.2, -0.15) is 9.50 Å². The van der Waals surface area contributed by atoms with Gasteiger partial charge in [-0.1, -0.05) is 0 Å². The SMILES string of the molecule is COc1ccc(C(=O)c2cc3cc(C)n(CCN4CCN(S5(C)(O)=CO5)CC4)c3s2)cn1. The molecular formula is C22H28N4O4S2. The van der Waals surface area contributed by atoms with Crippen LogP contribution in [0.25, 0.3) is 10.2 Å². The monoisotopic (exact) mass is 476 g/mol. The van der Waals surface area contributed by atoms with Crippen LogP contribution >= 0.6 is 20.8 Å². The first-order chi connectivity index (χ1) is 15.3. The Kier molecular flexibility index (Phi) is 5.27. The molecule has 1 fully saturated rings. The summed E-state index contributed by atoms with van der Waals surface area (Å²) in [6.07, 6.45) is 3.37. The number of ketones is 1. The minimum Gasteiger partial charge on any atom is -0.481 e. The molecule has 0 aliphatic carbocycles. The van der Waals surface area contributed by atoms with Crippen molar-refractivity contribution in [2.45, 2.75) is 13.5 Å². The Morgan fingerprint density at radius 1 is 1.25 bits per heavy atom. The minimum absolute atomic E-state index is 0.0181. The molecule has 5 rings (SSSR count). The lowest BCUT2D eigenvalue weighted by Crippen LogP contribution is -2.47. The fraction of sp³-hybridized carbons (Fsp3) is 0.409. The van der Waals surface area contributed by atoms with Crippen LogP contribution in [0.5, 0.6) is 5.88 Å². The fourth-order valence-electron chi connectivity index (χ4n) is 4.18. The summed E-state index contributed by atoms with van der Waals surface area (Å²) >= 11 is 1.53. The van der Waals surface area contributed by atoms with Crippen LogP contribution in [0, 0.1) is 6.92 Å². The predicted molar refractivity (Wildman–Crippen MR) is 130 cm³/mol. The van der Waals surface area contributed by atoms with Crippen molar-refractivity contribution >= 4 is 42.4 Å². The number of piperazine rings is 1. The van der Waals surface area contributed by atoms with E-state index in [1.807, 2.05) is 12.3 Å². The highest BCUT2D eigenvalue weighted by Gasteiger charge is 2.39. The number of aryl methyl sites for hydroxylation is 1. The van der Waals surface area contributed by atoms with Gasteiger partial charge in [0.15, 0.2) is 0 Å². The number of carbonyl (C=O) groups excluding carboxylic acids is 1. The van der Waals surface area contributed by atoms with E-state index in [2.05, 4.69) is 31.7 Å². The van der Waals surface area contributed by atoms with Crippen LogP contribution in [0.2, 0.25) is 0 Å². The summed E-state index contributed by atoms with van der Waals surface area (Å²) in [4.78, 5) is 21.3. The zero-order valence-corrected chi connectivity index (χ0v) is 20.1. The van der Waals surface area contributed by atoms with Crippen LogP contribution in [-0.2, 0) is 10.7 Å². The summed E-state index contributed by atoms with van der Waals surface area (Å²) in [6.45, 7) is 7.32. The number of rotatable bonds is 7. The number of hydrogen-bond donors (Lipinski definition) is 1. The third-order valence-electron chi connectivity index (χ3n) is 6.27. The van der Waals surface area contributed by atoms with Gasteiger partial charge < -0.3 is 9.30 Å². The lowest BCUT2D eigenvalue weighted by molar-refractivity contribution is 0.104. The molecule has 0 aromatic carbocycles. The third-order valence-corrected chi connectivity index (χ3v) is 9.98. The van der Waals surface area contributed by atoms with Crippen LogP contribution in [0.3, 0.4) is 0 Å². The van der Waals surface area contributed by atoms with Gasteiger partial charge >= 0.3 is 0 Å². The maximum atomic E-state index is 12.9. The molecule has 5 heterocycles. The van der Waals surface area contributed by atoms with Crippen molar-refractivity contribution in [2.75, 3.05) is 46.1 Å². The molecular weight excluding hydrogens is 448 g/mol. The summed E-state index contributed by atoms with van der Waals surface area (Å²) in [5, 5.41) is 1.10. The number of fused-ring (bicyclic) bond motifs is 1. The zero-order chi connectivity index (χ0) is 22.5. The van der Waals surface area contributed by atoms with Gasteiger partial charge in [-0.15, -0.1) is 11.3 Å². The number of ether oxygens (including phenoxy) is 1. The number of aromatic nitrogens is 2. The van der Waals surface area contributed by atoms with Crippen molar-refractivity contribution in [1.29, 1.82) is 0 Å². The molecule has 0 radical (unpaired) electrons. The summed E-state index contributed by atoms with van der Waals surface area (Å²) in [6, 6.07) is 7.58. The van der Waals surface area contributed by atoms with E-state index in [-0.39, 0.29) is 5.78 Å². The predicted octanol–water partition coefficient (Wildman–Crippen LogP) is 3.33. The molecule has 172 valence electrons. The lowest BCUT2D eigenvalue weighted by Gasteiger charge is -2.46. The molecule has 0 spiro atoms. The topological polar surface area (TPSA) is 83.4 Å². The molecule has 3 aromatic rings. The molecule has 2 aliphatic heterocycles. The van der Waals surface area contributed by atoms with Crippen LogP contribution in [0.1, 0.15) is 20.9 Å². The molecule has 0 unspecified atom stereocenters. The average Bonchev–Trinajstić information content (AvgIpc) is 3.15. The van der Waals surface area contributed by atoms with Crippen molar-refractivity contribution in [2.24, 2.45) is 0 Å². The smallest absolute Gasteiger partial charge is 0.212 e. The molecule has 2 aliphatic rings. The van der Waals surface area contributed by atoms with Gasteiger partial charge in [0, 0.05) is 74.4 Å². The molecule has 1 saturated heterocycles. The van der Waals surface area contributed by atoms with E-state index >= 15 is 0 Å². The van der Waals surface area contributed by atoms with Gasteiger partial charge in [0.1, 0.15) is 10.4 Å². The van der Waals surface area contributed by atoms with E-state index in [0.29, 0.717) is 11.4 Å². The number of nitrogens with zero attached hydrogens (tertiary/aromatic N) is 4. The highest BCUT2D eigenvalue weighted by atomic mass is 32.3. The van der Waals surface area contributed by atoms with Gasteiger partial charge in [-0.25, -0.2) is 13.5 Å². The van der Waals surface area contributed by atoms with Crippen molar-refractivity contribution in [3.63, 3.8) is 0 Å². The fourth-order valence-corrected chi connectivity index (χ4v) is 7.25. The van der Waals surface area contributed by atoms with Crippen molar-refractivity contribution < 1.29 is 18.3 Å². The van der Waals surface area contributed by atoms with Gasteiger partial charge in [0.2, 0.25) is 11.7 Å². The quantitative estimate of drug-likeness (QED) is 0.414. The number of carbonyl (C=O) groups is 1. The summed E-state index contributed by atoms with van der Waals surface area (Å²) in [5.74, 6) is 0.476. The first-order valence-corrected chi connectivity index (χ1v) is 13.7. The Balaban J connectivity index is 1.26. The molecule has 3 aromatic heterocycles. The Labute approximate surface area is 191 Å². The highest BCUT2D eigenvalue weighted by Crippen LogP contribution is 2.64. The standard InChI is InChI=1S/C22H28N4O4S2/c1-16-12-18-13-19(21(27)17-4-5-20(29-2)23-14-17)31-22(18)26(16)11-8-24-6-9-25(10-7-24)32(3,28)15-30-32/h4-5,12-15,28H,6-11H2,1-3H3. The second-order valence-corrected chi connectivity index (χ2v) is 13.0. The Morgan fingerprint density at radius 2 is 2.00 bits per heavy atom. The van der Waals surface area contributed by atoms with Crippen LogP contribution < -0.4 is 4.74 Å². The van der Waals surface area contributed by atoms with Crippen molar-refractivity contribution in [1.82, 2.24) is 18.8 Å². The summed E-state index contributed by atoms with van der Waals surface area (Å²) in [7, 11) is -1.22. The largest absolute Gasteiger partial charge is 0.481 e. The Hall–Kier alpha value is -2.08. The molecule has 0 amide bonds. The van der Waals surface area contributed by atoms with Gasteiger partial charge in [0.05, 0.1) is 12.0 Å². The molecule has 10 heteroatoms. The number of methoxy groups -OCH3 is 1. The van der Waals surface area contributed by atoms with E-state index in [1.165, 1.54) is 17.0 Å². The van der Waals surface area contributed by atoms with Crippen LogP contribution in [-0.4, -0.2) is 80.7 Å². The van der Waals surface area contributed by atoms with E-state index in [0.717, 1.165) is 54.4 Å². The second-order valence-electron chi connectivity index (χ2n) is 8.50. The number of hydrogen-bond acceptors (Lipinski definition) is 8. The van der Waals surface area contributed by atoms with Gasteiger partial charge in [-0.05, 0) is 25.1 Å². The molecule has 8 nitrogen and oxygen atoms in total.